The quantitative estimate of drug-likeness (QED) is 0.237. The number of nitro groups is 1. The summed E-state index contributed by atoms with van der Waals surface area (Å²) in [5.74, 6) is 1.41. The highest BCUT2D eigenvalue weighted by atomic mass is 16.6. The number of aliphatic imine (C=N–C) groups is 1. The predicted octanol–water partition coefficient (Wildman–Crippen LogP) is 1.81. The van der Waals surface area contributed by atoms with Crippen LogP contribution in [-0.4, -0.2) is 45.3 Å². The van der Waals surface area contributed by atoms with Crippen molar-refractivity contribution in [1.82, 2.24) is 20.0 Å². The van der Waals surface area contributed by atoms with Gasteiger partial charge in [-0.1, -0.05) is 4.98 Å². The fourth-order valence-corrected chi connectivity index (χ4v) is 2.30. The van der Waals surface area contributed by atoms with E-state index in [1.807, 2.05) is 21.0 Å². The fraction of sp³-hybridized carbons (Fsp3) is 0.250. The van der Waals surface area contributed by atoms with Crippen LogP contribution in [0, 0.1) is 10.1 Å². The molecular formula is C16H18N7O3+. The van der Waals surface area contributed by atoms with Crippen molar-refractivity contribution in [3.8, 4) is 5.75 Å². The molecule has 0 aliphatic carbocycles. The number of aromatic nitrogens is 4. The first-order valence-electron chi connectivity index (χ1n) is 7.82. The number of benzene rings is 1. The molecule has 2 heterocycles. The Morgan fingerprint density at radius 1 is 1.35 bits per heavy atom. The maximum Gasteiger partial charge on any atom is 0.459 e. The van der Waals surface area contributed by atoms with Crippen LogP contribution < -0.4 is 9.25 Å². The maximum absolute atomic E-state index is 10.7. The monoisotopic (exact) mass is 356 g/mol. The van der Waals surface area contributed by atoms with Gasteiger partial charge < -0.3 is 9.64 Å². The average Bonchev–Trinajstić information content (AvgIpc) is 3.03. The maximum atomic E-state index is 10.7. The minimum atomic E-state index is -0.449. The smallest absolute Gasteiger partial charge is 0.459 e. The highest BCUT2D eigenvalue weighted by Gasteiger charge is 2.21. The second kappa shape index (κ2) is 7.13. The van der Waals surface area contributed by atoms with Crippen molar-refractivity contribution in [2.45, 2.75) is 13.0 Å². The van der Waals surface area contributed by atoms with E-state index in [0.717, 1.165) is 5.69 Å². The van der Waals surface area contributed by atoms with Gasteiger partial charge in [0.1, 0.15) is 17.6 Å². The number of aromatic amines is 1. The first kappa shape index (κ1) is 17.3. The Morgan fingerprint density at radius 2 is 2.08 bits per heavy atom. The van der Waals surface area contributed by atoms with Crippen LogP contribution in [0.5, 0.6) is 5.75 Å². The number of nitro benzene ring substituents is 1. The van der Waals surface area contributed by atoms with Gasteiger partial charge in [0.2, 0.25) is 0 Å². The van der Waals surface area contributed by atoms with Gasteiger partial charge in [0, 0.05) is 32.3 Å². The third kappa shape index (κ3) is 3.74. The van der Waals surface area contributed by atoms with Crippen LogP contribution in [0.1, 0.15) is 18.7 Å². The van der Waals surface area contributed by atoms with E-state index in [0.29, 0.717) is 17.5 Å². The lowest BCUT2D eigenvalue weighted by Crippen LogP contribution is -2.32. The van der Waals surface area contributed by atoms with Gasteiger partial charge in [-0.15, -0.1) is 4.52 Å². The average molecular weight is 356 g/mol. The molecule has 1 aromatic carbocycles. The molecule has 3 aromatic rings. The molecule has 0 saturated carbocycles. The first-order valence-corrected chi connectivity index (χ1v) is 7.82. The molecule has 0 radical (unpaired) electrons. The third-order valence-corrected chi connectivity index (χ3v) is 3.50. The molecule has 0 spiro atoms. The summed E-state index contributed by atoms with van der Waals surface area (Å²) >= 11 is 0. The van der Waals surface area contributed by atoms with Crippen LogP contribution >= 0.6 is 0 Å². The molecule has 10 heteroatoms. The van der Waals surface area contributed by atoms with Crippen molar-refractivity contribution >= 4 is 23.8 Å². The zero-order valence-corrected chi connectivity index (χ0v) is 14.5. The predicted molar refractivity (Wildman–Crippen MR) is 93.5 cm³/mol. The molecule has 0 saturated heterocycles. The van der Waals surface area contributed by atoms with E-state index < -0.39 is 4.92 Å². The molecule has 1 atom stereocenters. The molecule has 134 valence electrons. The molecule has 3 rings (SSSR count). The van der Waals surface area contributed by atoms with Crippen molar-refractivity contribution in [2.75, 3.05) is 14.1 Å². The van der Waals surface area contributed by atoms with Crippen LogP contribution in [0.25, 0.3) is 5.78 Å². The van der Waals surface area contributed by atoms with Gasteiger partial charge in [0.15, 0.2) is 6.10 Å². The number of fused-ring (bicyclic) bond motifs is 1. The molecule has 0 unspecified atom stereocenters. The third-order valence-electron chi connectivity index (χ3n) is 3.50. The summed E-state index contributed by atoms with van der Waals surface area (Å²) in [5.41, 5.74) is 0.801. The van der Waals surface area contributed by atoms with Crippen LogP contribution in [-0.2, 0) is 0 Å². The molecule has 10 nitrogen and oxygen atoms in total. The Bertz CT molecular complexity index is 950. The van der Waals surface area contributed by atoms with Crippen LogP contribution in [0.4, 0.5) is 11.6 Å². The summed E-state index contributed by atoms with van der Waals surface area (Å²) in [6.45, 7) is 1.87. The van der Waals surface area contributed by atoms with Gasteiger partial charge in [0.05, 0.1) is 11.3 Å². The minimum absolute atomic E-state index is 0.0163. The van der Waals surface area contributed by atoms with E-state index in [-0.39, 0.29) is 11.8 Å². The van der Waals surface area contributed by atoms with E-state index in [1.54, 1.807) is 40.1 Å². The molecule has 0 fully saturated rings. The zero-order chi connectivity index (χ0) is 18.7. The van der Waals surface area contributed by atoms with Gasteiger partial charge in [0.25, 0.3) is 5.69 Å². The topological polar surface area (TPSA) is 114 Å². The Labute approximate surface area is 148 Å². The fourth-order valence-electron chi connectivity index (χ4n) is 2.30. The van der Waals surface area contributed by atoms with Crippen LogP contribution in [0.15, 0.2) is 41.5 Å². The van der Waals surface area contributed by atoms with Gasteiger partial charge in [-0.2, -0.15) is 10.1 Å². The van der Waals surface area contributed by atoms with Gasteiger partial charge >= 0.3 is 11.7 Å². The molecule has 2 aromatic heterocycles. The lowest BCUT2D eigenvalue weighted by atomic mass is 10.2. The largest absolute Gasteiger partial charge is 0.483 e. The summed E-state index contributed by atoms with van der Waals surface area (Å²) in [4.78, 5) is 24.8. The molecule has 26 heavy (non-hydrogen) atoms. The van der Waals surface area contributed by atoms with Crippen molar-refractivity contribution in [2.24, 2.45) is 4.99 Å². The van der Waals surface area contributed by atoms with Crippen molar-refractivity contribution < 1.29 is 14.2 Å². The van der Waals surface area contributed by atoms with Crippen molar-refractivity contribution in [3.05, 3.63) is 52.3 Å². The molecule has 0 bridgehead atoms. The number of hydrogen-bond donors (Lipinski definition) is 1. The number of H-pyrrole nitrogens is 1. The van der Waals surface area contributed by atoms with Crippen molar-refractivity contribution in [3.63, 3.8) is 0 Å². The molecule has 0 aliphatic rings. The van der Waals surface area contributed by atoms with Crippen LogP contribution in [0.2, 0.25) is 0 Å². The van der Waals surface area contributed by atoms with Crippen LogP contribution in [0.3, 0.4) is 0 Å². The highest BCUT2D eigenvalue weighted by Crippen LogP contribution is 2.22. The summed E-state index contributed by atoms with van der Waals surface area (Å²) in [7, 11) is 3.73. The number of hydrogen-bond acceptors (Lipinski definition) is 6. The number of rotatable bonds is 6. The summed E-state index contributed by atoms with van der Waals surface area (Å²) in [6, 6.07) is 7.75. The number of nitrogens with one attached hydrogen (secondary N) is 1. The first-order chi connectivity index (χ1) is 12.4. The standard InChI is InChI=1S/C16H17N7O3/c1-11(26-13-6-4-12(5-7-13)23(24)25)14-8-9-17-16-19-15(20-22(14)16)18-10-21(2)3/h4-11H,1-3H3/p+1/t11-/m0/s1. The van der Waals surface area contributed by atoms with Gasteiger partial charge in [-0.05, 0) is 24.0 Å². The molecule has 0 aliphatic heterocycles. The lowest BCUT2D eigenvalue weighted by molar-refractivity contribution is -0.591. The highest BCUT2D eigenvalue weighted by molar-refractivity contribution is 5.57. The normalized spacial score (nSPS) is 12.4. The summed E-state index contributed by atoms with van der Waals surface area (Å²) in [5, 5.41) is 13.8. The Balaban J connectivity index is 1.85. The van der Waals surface area contributed by atoms with Crippen molar-refractivity contribution in [1.29, 1.82) is 0 Å². The van der Waals surface area contributed by atoms with Gasteiger partial charge in [-0.25, -0.2) is 0 Å². The Hall–Kier alpha value is -3.56. The van der Waals surface area contributed by atoms with Gasteiger partial charge in [-0.3, -0.25) is 10.1 Å². The number of non-ortho nitro benzene ring substituents is 1. The Kier molecular flexibility index (Phi) is 4.74. The molecule has 0 amide bonds. The lowest BCUT2D eigenvalue weighted by Gasteiger charge is -2.13. The second-order valence-corrected chi connectivity index (χ2v) is 5.77. The second-order valence-electron chi connectivity index (χ2n) is 5.77. The van der Waals surface area contributed by atoms with E-state index in [1.165, 1.54) is 12.1 Å². The SMILES string of the molecule is C[C@H](Oc1ccc([N+](=O)[O-])cc1)c1ccnc2nc(N=CN(C)C)[nH][n+]12. The van der Waals surface area contributed by atoms with E-state index in [4.69, 9.17) is 4.74 Å². The van der Waals surface area contributed by atoms with E-state index in [2.05, 4.69) is 20.1 Å². The number of ether oxygens (including phenoxy) is 1. The number of nitrogens with zero attached hydrogens (tertiary/aromatic N) is 6. The zero-order valence-electron chi connectivity index (χ0n) is 14.5. The van der Waals surface area contributed by atoms with E-state index in [9.17, 15) is 10.1 Å². The Morgan fingerprint density at radius 3 is 2.73 bits per heavy atom. The van der Waals surface area contributed by atoms with E-state index >= 15 is 0 Å². The minimum Gasteiger partial charge on any atom is -0.483 e. The molecular weight excluding hydrogens is 338 g/mol. The summed E-state index contributed by atoms with van der Waals surface area (Å²) < 4.78 is 7.58. The summed E-state index contributed by atoms with van der Waals surface area (Å²) in [6.07, 6.45) is 2.92. The molecule has 1 N–H and O–H groups in total.